The zero-order chi connectivity index (χ0) is 14.5. The van der Waals surface area contributed by atoms with Crippen molar-refractivity contribution in [2.75, 3.05) is 10.7 Å². The smallest absolute Gasteiger partial charge is 0.148 e. The van der Waals surface area contributed by atoms with Crippen molar-refractivity contribution in [1.82, 2.24) is 15.1 Å². The van der Waals surface area contributed by atoms with Gasteiger partial charge in [-0.1, -0.05) is 12.1 Å². The summed E-state index contributed by atoms with van der Waals surface area (Å²) >= 11 is 0. The number of hydrogen-bond acceptors (Lipinski definition) is 7. The largest absolute Gasteiger partial charge is 0.364 e. The van der Waals surface area contributed by atoms with Crippen LogP contribution in [-0.4, -0.2) is 15.1 Å². The highest BCUT2D eigenvalue weighted by Gasteiger charge is 2.10. The summed E-state index contributed by atoms with van der Waals surface area (Å²) in [6.45, 7) is 6.42. The van der Waals surface area contributed by atoms with Crippen LogP contribution in [0.2, 0.25) is 0 Å². The highest BCUT2D eigenvalue weighted by atomic mass is 16.5. The first-order chi connectivity index (χ1) is 9.63. The van der Waals surface area contributed by atoms with Crippen LogP contribution in [0.3, 0.4) is 0 Å². The Kier molecular flexibility index (Phi) is 4.52. The van der Waals surface area contributed by atoms with E-state index in [-0.39, 0.29) is 0 Å². The molecule has 0 amide bonds. The third kappa shape index (κ3) is 3.24. The lowest BCUT2D eigenvalue weighted by atomic mass is 10.2. The van der Waals surface area contributed by atoms with Gasteiger partial charge in [0, 0.05) is 18.1 Å². The molecule has 0 saturated heterocycles. The highest BCUT2D eigenvalue weighted by Crippen LogP contribution is 2.20. The summed E-state index contributed by atoms with van der Waals surface area (Å²) < 4.78 is 5.04. The van der Waals surface area contributed by atoms with Crippen molar-refractivity contribution >= 4 is 11.6 Å². The minimum absolute atomic E-state index is 0.546. The van der Waals surface area contributed by atoms with E-state index in [1.54, 1.807) is 0 Å². The van der Waals surface area contributed by atoms with Crippen molar-refractivity contribution in [3.05, 3.63) is 28.9 Å². The highest BCUT2D eigenvalue weighted by molar-refractivity contribution is 5.56. The molecule has 0 atom stereocenters. The lowest BCUT2D eigenvalue weighted by Gasteiger charge is -2.12. The molecule has 0 aromatic carbocycles. The Morgan fingerprint density at radius 2 is 2.00 bits per heavy atom. The van der Waals surface area contributed by atoms with Crippen LogP contribution < -0.4 is 16.6 Å². The van der Waals surface area contributed by atoms with Crippen LogP contribution in [-0.2, 0) is 13.0 Å². The van der Waals surface area contributed by atoms with Crippen LogP contribution >= 0.6 is 0 Å². The first-order valence-corrected chi connectivity index (χ1v) is 6.64. The second kappa shape index (κ2) is 6.33. The predicted octanol–water partition coefficient (Wildman–Crippen LogP) is 1.93. The molecule has 0 radical (unpaired) electrons. The molecule has 0 aliphatic heterocycles. The van der Waals surface area contributed by atoms with E-state index in [2.05, 4.69) is 32.8 Å². The van der Waals surface area contributed by atoms with Crippen molar-refractivity contribution in [2.45, 2.75) is 40.2 Å². The van der Waals surface area contributed by atoms with Gasteiger partial charge in [-0.05, 0) is 20.3 Å². The SMILES string of the molecule is CCCc1nc(NN)c(C)c(NCc2cc(C)on2)n1. The van der Waals surface area contributed by atoms with Gasteiger partial charge in [0.25, 0.3) is 0 Å². The molecule has 2 rings (SSSR count). The van der Waals surface area contributed by atoms with Gasteiger partial charge in [-0.25, -0.2) is 15.8 Å². The summed E-state index contributed by atoms with van der Waals surface area (Å²) in [6, 6.07) is 1.89. The predicted molar refractivity (Wildman–Crippen MR) is 77.1 cm³/mol. The number of aryl methyl sites for hydroxylation is 2. The lowest BCUT2D eigenvalue weighted by Crippen LogP contribution is -2.15. The monoisotopic (exact) mass is 276 g/mol. The Bertz CT molecular complexity index is 580. The second-order valence-electron chi connectivity index (χ2n) is 4.64. The average molecular weight is 276 g/mol. The van der Waals surface area contributed by atoms with Gasteiger partial charge in [0.1, 0.15) is 28.9 Å². The van der Waals surface area contributed by atoms with Crippen LogP contribution in [0, 0.1) is 13.8 Å². The third-order valence-electron chi connectivity index (χ3n) is 2.92. The normalized spacial score (nSPS) is 10.6. The summed E-state index contributed by atoms with van der Waals surface area (Å²) in [7, 11) is 0. The molecule has 108 valence electrons. The molecular formula is C13H20N6O. The molecule has 0 saturated carbocycles. The quantitative estimate of drug-likeness (QED) is 0.547. The van der Waals surface area contributed by atoms with E-state index >= 15 is 0 Å². The Balaban J connectivity index is 2.18. The first-order valence-electron chi connectivity index (χ1n) is 6.64. The van der Waals surface area contributed by atoms with E-state index < -0.39 is 0 Å². The molecule has 4 N–H and O–H groups in total. The van der Waals surface area contributed by atoms with E-state index in [1.165, 1.54) is 0 Å². The summed E-state index contributed by atoms with van der Waals surface area (Å²) in [6.07, 6.45) is 1.79. The second-order valence-corrected chi connectivity index (χ2v) is 4.64. The van der Waals surface area contributed by atoms with Gasteiger partial charge in [0.15, 0.2) is 0 Å². The molecule has 0 spiro atoms. The number of nitrogens with two attached hydrogens (primary N) is 1. The van der Waals surface area contributed by atoms with Gasteiger partial charge < -0.3 is 15.3 Å². The van der Waals surface area contributed by atoms with Crippen LogP contribution in [0.5, 0.6) is 0 Å². The Morgan fingerprint density at radius 1 is 1.25 bits per heavy atom. The zero-order valence-electron chi connectivity index (χ0n) is 12.0. The Hall–Kier alpha value is -2.15. The molecule has 0 bridgehead atoms. The maximum Gasteiger partial charge on any atom is 0.148 e. The number of hydrazine groups is 1. The summed E-state index contributed by atoms with van der Waals surface area (Å²) in [5, 5.41) is 7.19. The minimum atomic E-state index is 0.546. The fourth-order valence-electron chi connectivity index (χ4n) is 1.89. The Labute approximate surface area is 117 Å². The lowest BCUT2D eigenvalue weighted by molar-refractivity contribution is 0.391. The Morgan fingerprint density at radius 3 is 2.60 bits per heavy atom. The number of rotatable bonds is 6. The van der Waals surface area contributed by atoms with Crippen molar-refractivity contribution in [1.29, 1.82) is 0 Å². The number of nitrogen functional groups attached to an aromatic ring is 1. The molecule has 2 heterocycles. The molecule has 7 nitrogen and oxygen atoms in total. The minimum Gasteiger partial charge on any atom is -0.364 e. The fraction of sp³-hybridized carbons (Fsp3) is 0.462. The third-order valence-corrected chi connectivity index (χ3v) is 2.92. The summed E-state index contributed by atoms with van der Waals surface area (Å²) in [5.74, 6) is 8.46. The summed E-state index contributed by atoms with van der Waals surface area (Å²) in [5.41, 5.74) is 4.33. The van der Waals surface area contributed by atoms with Crippen molar-refractivity contribution in [3.8, 4) is 0 Å². The van der Waals surface area contributed by atoms with Crippen LogP contribution in [0.25, 0.3) is 0 Å². The summed E-state index contributed by atoms with van der Waals surface area (Å²) in [4.78, 5) is 8.90. The first kappa shape index (κ1) is 14.3. The molecule has 20 heavy (non-hydrogen) atoms. The number of nitrogens with one attached hydrogen (secondary N) is 2. The number of nitrogens with zero attached hydrogens (tertiary/aromatic N) is 3. The molecule has 2 aromatic rings. The van der Waals surface area contributed by atoms with Crippen LogP contribution in [0.4, 0.5) is 11.6 Å². The van der Waals surface area contributed by atoms with E-state index in [4.69, 9.17) is 10.4 Å². The van der Waals surface area contributed by atoms with Gasteiger partial charge in [-0.2, -0.15) is 0 Å². The number of anilines is 2. The molecule has 0 unspecified atom stereocenters. The van der Waals surface area contributed by atoms with Crippen molar-refractivity contribution in [2.24, 2.45) is 5.84 Å². The van der Waals surface area contributed by atoms with E-state index in [0.29, 0.717) is 12.4 Å². The van der Waals surface area contributed by atoms with Gasteiger partial charge in [-0.15, -0.1) is 0 Å². The maximum atomic E-state index is 5.50. The number of hydrogen-bond donors (Lipinski definition) is 3. The van der Waals surface area contributed by atoms with Crippen LogP contribution in [0.15, 0.2) is 10.6 Å². The standard InChI is InChI=1S/C13H20N6O/c1-4-5-11-16-12(9(3)13(17-11)18-14)15-7-10-6-8(2)20-19-10/h6H,4-5,7,14H2,1-3H3,(H2,15,16,17,18). The van der Waals surface area contributed by atoms with E-state index in [0.717, 1.165) is 41.5 Å². The van der Waals surface area contributed by atoms with Gasteiger partial charge in [-0.3, -0.25) is 0 Å². The van der Waals surface area contributed by atoms with Crippen molar-refractivity contribution in [3.63, 3.8) is 0 Å². The molecule has 0 fully saturated rings. The topological polar surface area (TPSA) is 102 Å². The number of aromatic nitrogens is 3. The van der Waals surface area contributed by atoms with Crippen LogP contribution in [0.1, 0.15) is 36.2 Å². The van der Waals surface area contributed by atoms with E-state index in [1.807, 2.05) is 19.9 Å². The van der Waals surface area contributed by atoms with Gasteiger partial charge in [0.2, 0.25) is 0 Å². The molecular weight excluding hydrogens is 256 g/mol. The van der Waals surface area contributed by atoms with E-state index in [9.17, 15) is 0 Å². The van der Waals surface area contributed by atoms with Crippen molar-refractivity contribution < 1.29 is 4.52 Å². The maximum absolute atomic E-state index is 5.50. The molecule has 7 heteroatoms. The van der Waals surface area contributed by atoms with Gasteiger partial charge >= 0.3 is 0 Å². The molecule has 0 aliphatic rings. The van der Waals surface area contributed by atoms with Gasteiger partial charge in [0.05, 0.1) is 6.54 Å². The molecule has 0 aliphatic carbocycles. The molecule has 2 aromatic heterocycles. The zero-order valence-corrected chi connectivity index (χ0v) is 12.0. The fourth-order valence-corrected chi connectivity index (χ4v) is 1.89. The average Bonchev–Trinajstić information content (AvgIpc) is 2.85.